The lowest BCUT2D eigenvalue weighted by atomic mass is 9.70. The molecule has 1 aromatic heterocycles. The Morgan fingerprint density at radius 3 is 2.77 bits per heavy atom. The SMILES string of the molecule is CC1c2cc(C(F)(F)F)ccc2N[C@@H](C2C=CC=CC2)[C@@H]1CC[C@@H](C)Cn1cncn1. The standard InChI is InChI=1S/C24H29F3N4/c1-16(13-31-15-28-14-29-31)8-10-20-17(2)21-12-19(24(25,26)27)9-11-22(21)30-23(20)18-6-4-3-5-7-18/h3-6,9,11-12,14-18,20,23,30H,7-8,10,13H2,1-2H3/t16-,17?,18?,20-,23+/m1/s1. The number of hydrogen-bond donors (Lipinski definition) is 1. The molecule has 4 nitrogen and oxygen atoms in total. The summed E-state index contributed by atoms with van der Waals surface area (Å²) in [6.45, 7) is 5.07. The van der Waals surface area contributed by atoms with Crippen LogP contribution in [0.25, 0.3) is 0 Å². The number of allylic oxidation sites excluding steroid dienone is 3. The molecule has 1 aromatic carbocycles. The van der Waals surface area contributed by atoms with Gasteiger partial charge in [-0.05, 0) is 60.8 Å². The Morgan fingerprint density at radius 2 is 2.10 bits per heavy atom. The molecular formula is C24H29F3N4. The van der Waals surface area contributed by atoms with Gasteiger partial charge in [0.1, 0.15) is 12.7 Å². The van der Waals surface area contributed by atoms with E-state index in [1.165, 1.54) is 18.5 Å². The van der Waals surface area contributed by atoms with Crippen LogP contribution in [0, 0.1) is 17.8 Å². The highest BCUT2D eigenvalue weighted by Crippen LogP contribution is 2.45. The summed E-state index contributed by atoms with van der Waals surface area (Å²) in [6, 6.07) is 4.32. The largest absolute Gasteiger partial charge is 0.416 e. The molecule has 0 fully saturated rings. The highest BCUT2D eigenvalue weighted by atomic mass is 19.4. The Labute approximate surface area is 181 Å². The van der Waals surface area contributed by atoms with Gasteiger partial charge >= 0.3 is 6.18 Å². The maximum Gasteiger partial charge on any atom is 0.416 e. The van der Waals surface area contributed by atoms with Gasteiger partial charge in [-0.15, -0.1) is 0 Å². The van der Waals surface area contributed by atoms with Gasteiger partial charge in [0.15, 0.2) is 0 Å². The minimum absolute atomic E-state index is 0.0430. The van der Waals surface area contributed by atoms with Crippen molar-refractivity contribution in [2.45, 2.75) is 57.8 Å². The molecule has 0 saturated carbocycles. The van der Waals surface area contributed by atoms with Crippen LogP contribution in [0.3, 0.4) is 0 Å². The molecule has 1 aliphatic heterocycles. The minimum atomic E-state index is -4.33. The van der Waals surface area contributed by atoms with Gasteiger partial charge in [0.25, 0.3) is 0 Å². The maximum absolute atomic E-state index is 13.3. The highest BCUT2D eigenvalue weighted by molar-refractivity contribution is 5.58. The van der Waals surface area contributed by atoms with Crippen molar-refractivity contribution in [1.82, 2.24) is 14.8 Å². The van der Waals surface area contributed by atoms with E-state index in [0.29, 0.717) is 11.8 Å². The van der Waals surface area contributed by atoms with Gasteiger partial charge < -0.3 is 5.32 Å². The second kappa shape index (κ2) is 8.89. The average molecular weight is 431 g/mol. The Hall–Kier alpha value is -2.57. The van der Waals surface area contributed by atoms with Crippen LogP contribution in [0.4, 0.5) is 18.9 Å². The molecule has 0 radical (unpaired) electrons. The van der Waals surface area contributed by atoms with Crippen LogP contribution in [-0.4, -0.2) is 20.8 Å². The van der Waals surface area contributed by atoms with Gasteiger partial charge in [0.2, 0.25) is 0 Å². The van der Waals surface area contributed by atoms with Crippen molar-refractivity contribution in [2.24, 2.45) is 17.8 Å². The van der Waals surface area contributed by atoms with E-state index in [0.717, 1.165) is 37.1 Å². The van der Waals surface area contributed by atoms with E-state index in [1.54, 1.807) is 12.4 Å². The summed E-state index contributed by atoms with van der Waals surface area (Å²) in [4.78, 5) is 4.00. The summed E-state index contributed by atoms with van der Waals surface area (Å²) in [5.74, 6) is 1.02. The van der Waals surface area contributed by atoms with Crippen LogP contribution in [0.15, 0.2) is 55.2 Å². The Balaban J connectivity index is 1.56. The minimum Gasteiger partial charge on any atom is -0.381 e. The fraction of sp³-hybridized carbons (Fsp3) is 0.500. The van der Waals surface area contributed by atoms with Gasteiger partial charge in [-0.25, -0.2) is 4.98 Å². The normalized spacial score (nSPS) is 26.4. The predicted molar refractivity (Wildman–Crippen MR) is 116 cm³/mol. The van der Waals surface area contributed by atoms with Crippen molar-refractivity contribution in [3.05, 3.63) is 66.3 Å². The fourth-order valence-electron chi connectivity index (χ4n) is 5.01. The van der Waals surface area contributed by atoms with E-state index < -0.39 is 11.7 Å². The lowest BCUT2D eigenvalue weighted by Crippen LogP contribution is -2.42. The summed E-state index contributed by atoms with van der Waals surface area (Å²) in [7, 11) is 0. The van der Waals surface area contributed by atoms with Crippen molar-refractivity contribution in [1.29, 1.82) is 0 Å². The van der Waals surface area contributed by atoms with Crippen molar-refractivity contribution in [3.63, 3.8) is 0 Å². The zero-order valence-corrected chi connectivity index (χ0v) is 17.9. The molecule has 0 spiro atoms. The van der Waals surface area contributed by atoms with Gasteiger partial charge in [-0.3, -0.25) is 4.68 Å². The molecule has 4 rings (SSSR count). The molecular weight excluding hydrogens is 401 g/mol. The summed E-state index contributed by atoms with van der Waals surface area (Å²) >= 11 is 0. The quantitative estimate of drug-likeness (QED) is 0.606. The van der Waals surface area contributed by atoms with Gasteiger partial charge in [-0.2, -0.15) is 18.3 Å². The van der Waals surface area contributed by atoms with Gasteiger partial charge in [-0.1, -0.05) is 38.2 Å². The number of rotatable bonds is 6. The Bertz CT molecular complexity index is 933. The molecule has 1 N–H and O–H groups in total. The molecule has 2 aromatic rings. The summed E-state index contributed by atoms with van der Waals surface area (Å²) in [5, 5.41) is 7.80. The smallest absolute Gasteiger partial charge is 0.381 e. The van der Waals surface area contributed by atoms with Crippen LogP contribution < -0.4 is 5.32 Å². The number of hydrogen-bond acceptors (Lipinski definition) is 3. The maximum atomic E-state index is 13.3. The zero-order chi connectivity index (χ0) is 22.0. The fourth-order valence-corrected chi connectivity index (χ4v) is 5.01. The first kappa shape index (κ1) is 21.7. The van der Waals surface area contributed by atoms with E-state index in [1.807, 2.05) is 4.68 Å². The van der Waals surface area contributed by atoms with E-state index in [2.05, 4.69) is 53.6 Å². The third-order valence-corrected chi connectivity index (χ3v) is 6.73. The number of alkyl halides is 3. The average Bonchev–Trinajstić information content (AvgIpc) is 3.25. The molecule has 0 saturated heterocycles. The first-order valence-corrected chi connectivity index (χ1v) is 11.0. The third kappa shape index (κ3) is 4.86. The van der Waals surface area contributed by atoms with E-state index in [9.17, 15) is 13.2 Å². The topological polar surface area (TPSA) is 42.7 Å². The number of nitrogens with zero attached hydrogens (tertiary/aromatic N) is 3. The number of nitrogens with one attached hydrogen (secondary N) is 1. The summed E-state index contributed by atoms with van der Waals surface area (Å²) in [6.07, 6.45) is 10.3. The molecule has 5 atom stereocenters. The van der Waals surface area contributed by atoms with Crippen molar-refractivity contribution >= 4 is 5.69 Å². The molecule has 31 heavy (non-hydrogen) atoms. The van der Waals surface area contributed by atoms with E-state index in [4.69, 9.17) is 0 Å². The lowest BCUT2D eigenvalue weighted by Gasteiger charge is -2.43. The van der Waals surface area contributed by atoms with Crippen LogP contribution in [0.1, 0.15) is 50.2 Å². The number of aromatic nitrogens is 3. The van der Waals surface area contributed by atoms with Crippen molar-refractivity contribution in [3.8, 4) is 0 Å². The molecule has 2 heterocycles. The second-order valence-electron chi connectivity index (χ2n) is 8.94. The third-order valence-electron chi connectivity index (χ3n) is 6.73. The van der Waals surface area contributed by atoms with Crippen LogP contribution >= 0.6 is 0 Å². The molecule has 2 aliphatic rings. The van der Waals surface area contributed by atoms with Crippen LogP contribution in [0.2, 0.25) is 0 Å². The van der Waals surface area contributed by atoms with Gasteiger partial charge in [0, 0.05) is 24.2 Å². The lowest BCUT2D eigenvalue weighted by molar-refractivity contribution is -0.137. The molecule has 1 aliphatic carbocycles. The van der Waals surface area contributed by atoms with Gasteiger partial charge in [0.05, 0.1) is 5.56 Å². The Kier molecular flexibility index (Phi) is 6.21. The predicted octanol–water partition coefficient (Wildman–Crippen LogP) is 6.06. The van der Waals surface area contributed by atoms with E-state index in [-0.39, 0.29) is 17.9 Å². The second-order valence-corrected chi connectivity index (χ2v) is 8.94. The summed E-state index contributed by atoms with van der Waals surface area (Å²) < 4.78 is 41.8. The number of benzene rings is 1. The van der Waals surface area contributed by atoms with Crippen LogP contribution in [0.5, 0.6) is 0 Å². The zero-order valence-electron chi connectivity index (χ0n) is 17.9. The summed E-state index contributed by atoms with van der Waals surface area (Å²) in [5.41, 5.74) is 1.04. The van der Waals surface area contributed by atoms with E-state index >= 15 is 0 Å². The molecule has 0 amide bonds. The molecule has 0 bridgehead atoms. The first-order chi connectivity index (χ1) is 14.8. The first-order valence-electron chi connectivity index (χ1n) is 11.0. The number of fused-ring (bicyclic) bond motifs is 1. The monoisotopic (exact) mass is 430 g/mol. The number of anilines is 1. The molecule has 7 heteroatoms. The van der Waals surface area contributed by atoms with Crippen molar-refractivity contribution in [2.75, 3.05) is 5.32 Å². The number of halogens is 3. The molecule has 166 valence electrons. The van der Waals surface area contributed by atoms with Crippen LogP contribution in [-0.2, 0) is 12.7 Å². The highest BCUT2D eigenvalue weighted by Gasteiger charge is 2.39. The molecule has 2 unspecified atom stereocenters. The van der Waals surface area contributed by atoms with Crippen molar-refractivity contribution < 1.29 is 13.2 Å². The Morgan fingerprint density at radius 1 is 1.26 bits per heavy atom.